The summed E-state index contributed by atoms with van der Waals surface area (Å²) in [4.78, 5) is 2.39. The van der Waals surface area contributed by atoms with Crippen molar-refractivity contribution >= 4 is 44.3 Å². The van der Waals surface area contributed by atoms with Crippen LogP contribution in [0.15, 0.2) is 182 Å². The Morgan fingerprint density at radius 1 is 0.348 bits per heavy atom. The molecular weight excluding hydrogens is 556 g/mol. The third-order valence-corrected chi connectivity index (χ3v) is 8.81. The maximum atomic E-state index is 6.71. The van der Waals surface area contributed by atoms with Crippen LogP contribution in [0.1, 0.15) is 0 Å². The highest BCUT2D eigenvalue weighted by molar-refractivity contribution is 6.05. The van der Waals surface area contributed by atoms with Gasteiger partial charge in [0.15, 0.2) is 0 Å². The first kappa shape index (κ1) is 27.4. The summed E-state index contributed by atoms with van der Waals surface area (Å²) in [5.74, 6) is 0. The monoisotopic (exact) mass is 588 g/mol. The fourth-order valence-corrected chi connectivity index (χ4v) is 6.68. The van der Waals surface area contributed by atoms with Gasteiger partial charge in [0, 0.05) is 27.7 Å². The number of hydrogen-bond donors (Lipinski definition) is 1. The van der Waals surface area contributed by atoms with Crippen LogP contribution in [0.25, 0.3) is 54.9 Å². The molecule has 0 aliphatic rings. The summed E-state index contributed by atoms with van der Waals surface area (Å²) in [6.07, 6.45) is 0. The molecule has 0 unspecified atom stereocenters. The average Bonchev–Trinajstić information content (AvgIpc) is 3.13. The molecule has 8 rings (SSSR count). The van der Waals surface area contributed by atoms with Crippen molar-refractivity contribution in [3.8, 4) is 33.4 Å². The van der Waals surface area contributed by atoms with Crippen molar-refractivity contribution in [2.75, 3.05) is 10.6 Å². The highest BCUT2D eigenvalue weighted by Gasteiger charge is 2.20. The van der Waals surface area contributed by atoms with Crippen molar-refractivity contribution in [2.45, 2.75) is 0 Å². The molecule has 0 saturated heterocycles. The largest absolute Gasteiger partial charge is 0.398 e. The van der Waals surface area contributed by atoms with Gasteiger partial charge in [-0.1, -0.05) is 152 Å². The maximum absolute atomic E-state index is 6.71. The number of benzene rings is 8. The summed E-state index contributed by atoms with van der Waals surface area (Å²) < 4.78 is 0. The van der Waals surface area contributed by atoms with Crippen LogP contribution in [-0.4, -0.2) is 0 Å². The number of hydrogen-bond acceptors (Lipinski definition) is 2. The Bertz CT molecular complexity index is 2220. The second kappa shape index (κ2) is 11.8. The van der Waals surface area contributed by atoms with Gasteiger partial charge >= 0.3 is 0 Å². The van der Waals surface area contributed by atoms with Gasteiger partial charge < -0.3 is 10.6 Å². The lowest BCUT2D eigenvalue weighted by atomic mass is 9.86. The van der Waals surface area contributed by atoms with Crippen molar-refractivity contribution in [3.05, 3.63) is 182 Å². The normalized spacial score (nSPS) is 11.1. The number of nitrogen functional groups attached to an aromatic ring is 1. The van der Waals surface area contributed by atoms with Crippen LogP contribution in [-0.2, 0) is 0 Å². The maximum Gasteiger partial charge on any atom is 0.0540 e. The Morgan fingerprint density at radius 3 is 1.39 bits per heavy atom. The third kappa shape index (κ3) is 4.87. The van der Waals surface area contributed by atoms with E-state index in [-0.39, 0.29) is 0 Å². The molecule has 0 heterocycles. The van der Waals surface area contributed by atoms with E-state index in [0.29, 0.717) is 0 Å². The van der Waals surface area contributed by atoms with E-state index in [1.807, 2.05) is 12.1 Å². The molecule has 0 atom stereocenters. The van der Waals surface area contributed by atoms with Crippen molar-refractivity contribution in [1.29, 1.82) is 0 Å². The van der Waals surface area contributed by atoms with Gasteiger partial charge in [0.25, 0.3) is 0 Å². The number of fused-ring (bicyclic) bond motifs is 2. The molecule has 0 fully saturated rings. The van der Waals surface area contributed by atoms with Crippen molar-refractivity contribution < 1.29 is 0 Å². The lowest BCUT2D eigenvalue weighted by molar-refractivity contribution is 1.31. The van der Waals surface area contributed by atoms with E-state index in [0.717, 1.165) is 56.1 Å². The molecule has 0 saturated carbocycles. The van der Waals surface area contributed by atoms with Gasteiger partial charge in [-0.25, -0.2) is 0 Å². The molecule has 2 N–H and O–H groups in total. The zero-order valence-corrected chi connectivity index (χ0v) is 25.3. The van der Waals surface area contributed by atoms with Gasteiger partial charge in [0.2, 0.25) is 0 Å². The molecule has 0 aliphatic carbocycles. The summed E-state index contributed by atoms with van der Waals surface area (Å²) in [7, 11) is 0. The minimum Gasteiger partial charge on any atom is -0.398 e. The molecule has 0 aliphatic heterocycles. The predicted molar refractivity (Wildman–Crippen MR) is 197 cm³/mol. The topological polar surface area (TPSA) is 29.3 Å². The molecule has 0 spiro atoms. The average molecular weight is 589 g/mol. The van der Waals surface area contributed by atoms with Crippen LogP contribution >= 0.6 is 0 Å². The summed E-state index contributed by atoms with van der Waals surface area (Å²) in [5.41, 5.74) is 17.6. The highest BCUT2D eigenvalue weighted by Crippen LogP contribution is 2.45. The van der Waals surface area contributed by atoms with Crippen molar-refractivity contribution in [3.63, 3.8) is 0 Å². The Kier molecular flexibility index (Phi) is 7.01. The number of nitrogens with zero attached hydrogens (tertiary/aromatic N) is 1. The summed E-state index contributed by atoms with van der Waals surface area (Å²) in [5, 5.41) is 4.84. The van der Waals surface area contributed by atoms with Gasteiger partial charge in [0.1, 0.15) is 0 Å². The standard InChI is InChI=1S/C44H32N2/c45-40-30-29-39(43(34-15-3-1-4-16-34)44(40)35-17-5-2-6-18-35)33-25-27-36(28-26-33)46(41-23-11-19-31-13-7-9-21-37(31)41)42-24-12-20-32-14-8-10-22-38(32)42/h1-30H,45H2. The van der Waals surface area contributed by atoms with E-state index in [2.05, 4.69) is 175 Å². The zero-order valence-electron chi connectivity index (χ0n) is 25.3. The smallest absolute Gasteiger partial charge is 0.0540 e. The van der Waals surface area contributed by atoms with E-state index in [1.165, 1.54) is 21.5 Å². The van der Waals surface area contributed by atoms with Crippen LogP contribution in [0.2, 0.25) is 0 Å². The molecule has 0 aromatic heterocycles. The number of rotatable bonds is 6. The minimum absolute atomic E-state index is 0.767. The first-order valence-electron chi connectivity index (χ1n) is 15.7. The summed E-state index contributed by atoms with van der Waals surface area (Å²) >= 11 is 0. The van der Waals surface area contributed by atoms with E-state index in [4.69, 9.17) is 5.73 Å². The molecule has 218 valence electrons. The lowest BCUT2D eigenvalue weighted by Crippen LogP contribution is -2.11. The number of anilines is 4. The summed E-state index contributed by atoms with van der Waals surface area (Å²) in [6, 6.07) is 64.5. The molecule has 0 radical (unpaired) electrons. The number of nitrogens with two attached hydrogens (primary N) is 1. The van der Waals surface area contributed by atoms with Crippen molar-refractivity contribution in [1.82, 2.24) is 0 Å². The Morgan fingerprint density at radius 2 is 0.826 bits per heavy atom. The van der Waals surface area contributed by atoms with Gasteiger partial charge in [0.05, 0.1) is 11.4 Å². The van der Waals surface area contributed by atoms with E-state index in [9.17, 15) is 0 Å². The minimum atomic E-state index is 0.767. The van der Waals surface area contributed by atoms with E-state index < -0.39 is 0 Å². The van der Waals surface area contributed by atoms with Gasteiger partial charge in [-0.3, -0.25) is 0 Å². The lowest BCUT2D eigenvalue weighted by Gasteiger charge is -2.28. The van der Waals surface area contributed by atoms with Gasteiger partial charge in [-0.05, 0) is 68.9 Å². The first-order valence-corrected chi connectivity index (χ1v) is 15.7. The van der Waals surface area contributed by atoms with Crippen LogP contribution in [0.4, 0.5) is 22.7 Å². The molecule has 46 heavy (non-hydrogen) atoms. The molecule has 0 amide bonds. The van der Waals surface area contributed by atoms with Gasteiger partial charge in [-0.15, -0.1) is 0 Å². The highest BCUT2D eigenvalue weighted by atomic mass is 15.1. The second-order valence-electron chi connectivity index (χ2n) is 11.6. The summed E-state index contributed by atoms with van der Waals surface area (Å²) in [6.45, 7) is 0. The quantitative estimate of drug-likeness (QED) is 0.196. The zero-order chi connectivity index (χ0) is 30.9. The Balaban J connectivity index is 1.33. The first-order chi connectivity index (χ1) is 22.8. The fraction of sp³-hybridized carbons (Fsp3) is 0. The predicted octanol–water partition coefficient (Wildman–Crippen LogP) is 12.0. The van der Waals surface area contributed by atoms with Crippen molar-refractivity contribution in [2.24, 2.45) is 0 Å². The molecule has 8 aromatic carbocycles. The third-order valence-electron chi connectivity index (χ3n) is 8.81. The molecular formula is C44H32N2. The Labute approximate surface area is 269 Å². The van der Waals surface area contributed by atoms with Crippen LogP contribution in [0.3, 0.4) is 0 Å². The fourth-order valence-electron chi connectivity index (χ4n) is 6.68. The Hall–Kier alpha value is -6.12. The molecule has 8 aromatic rings. The molecule has 2 heteroatoms. The van der Waals surface area contributed by atoms with E-state index >= 15 is 0 Å². The van der Waals surface area contributed by atoms with Gasteiger partial charge in [-0.2, -0.15) is 0 Å². The second-order valence-corrected chi connectivity index (χ2v) is 11.6. The SMILES string of the molecule is Nc1ccc(-c2ccc(N(c3cccc4ccccc34)c3cccc4ccccc34)cc2)c(-c2ccccc2)c1-c1ccccc1. The molecule has 0 bridgehead atoms. The van der Waals surface area contributed by atoms with Crippen LogP contribution in [0.5, 0.6) is 0 Å². The molecule has 2 nitrogen and oxygen atoms in total. The van der Waals surface area contributed by atoms with Crippen LogP contribution < -0.4 is 10.6 Å². The van der Waals surface area contributed by atoms with Crippen LogP contribution in [0, 0.1) is 0 Å². The van der Waals surface area contributed by atoms with E-state index in [1.54, 1.807) is 0 Å².